The predicted octanol–water partition coefficient (Wildman–Crippen LogP) is 1.54. The molecule has 1 aromatic heterocycles. The van der Waals surface area contributed by atoms with Gasteiger partial charge in [-0.05, 0) is 31.8 Å². The lowest BCUT2D eigenvalue weighted by molar-refractivity contribution is -0.223. The molecule has 4 nitrogen and oxygen atoms in total. The normalized spacial score (nSPS) is 21.1. The monoisotopic (exact) mass is 263 g/mol. The van der Waals surface area contributed by atoms with Gasteiger partial charge in [-0.25, -0.2) is 4.98 Å². The van der Waals surface area contributed by atoms with Crippen LogP contribution < -0.4 is 0 Å². The number of H-pyrrole nitrogens is 1. The Hall–Kier alpha value is -1.08. The highest BCUT2D eigenvalue weighted by Crippen LogP contribution is 2.31. The molecule has 0 aromatic carbocycles. The summed E-state index contributed by atoms with van der Waals surface area (Å²) in [6.45, 7) is 1.72. The lowest BCUT2D eigenvalue weighted by Gasteiger charge is -2.34. The number of nitrogens with zero attached hydrogens (tertiary/aromatic N) is 2. The summed E-state index contributed by atoms with van der Waals surface area (Å²) >= 11 is 0. The summed E-state index contributed by atoms with van der Waals surface area (Å²) < 4.78 is 37.1. The number of alkyl halides is 3. The summed E-state index contributed by atoms with van der Waals surface area (Å²) in [6, 6.07) is 0. The molecule has 0 amide bonds. The van der Waals surface area contributed by atoms with Crippen LogP contribution in [0.4, 0.5) is 13.2 Å². The van der Waals surface area contributed by atoms with Gasteiger partial charge in [0, 0.05) is 12.4 Å². The van der Waals surface area contributed by atoms with E-state index >= 15 is 0 Å². The first kappa shape index (κ1) is 13.4. The molecule has 0 spiro atoms. The molecular weight excluding hydrogens is 247 g/mol. The van der Waals surface area contributed by atoms with Crippen LogP contribution >= 0.6 is 0 Å². The molecule has 1 unspecified atom stereocenters. The van der Waals surface area contributed by atoms with Gasteiger partial charge in [-0.15, -0.1) is 0 Å². The van der Waals surface area contributed by atoms with Gasteiger partial charge in [-0.3, -0.25) is 4.90 Å². The second-order valence-electron chi connectivity index (χ2n) is 4.64. The van der Waals surface area contributed by atoms with E-state index in [1.165, 1.54) is 0 Å². The van der Waals surface area contributed by atoms with E-state index in [1.807, 2.05) is 4.90 Å². The maximum Gasteiger partial charge on any atom is 0.414 e. The zero-order chi connectivity index (χ0) is 13.2. The Morgan fingerprint density at radius 2 is 2.11 bits per heavy atom. The van der Waals surface area contributed by atoms with Crippen molar-refractivity contribution in [1.82, 2.24) is 14.9 Å². The van der Waals surface area contributed by atoms with Crippen LogP contribution in [-0.2, 0) is 6.54 Å². The molecule has 1 fully saturated rings. The molecule has 1 aliphatic rings. The molecule has 18 heavy (non-hydrogen) atoms. The minimum absolute atomic E-state index is 0.362. The van der Waals surface area contributed by atoms with Gasteiger partial charge in [0.1, 0.15) is 5.82 Å². The molecule has 102 valence electrons. The highest BCUT2D eigenvalue weighted by molar-refractivity contribution is 4.89. The fourth-order valence-corrected chi connectivity index (χ4v) is 2.29. The van der Waals surface area contributed by atoms with Gasteiger partial charge in [-0.2, -0.15) is 13.2 Å². The van der Waals surface area contributed by atoms with Gasteiger partial charge in [0.25, 0.3) is 0 Å². The average molecular weight is 263 g/mol. The SMILES string of the molecule is OC(C1CCN(Cc2ncc[nH]2)CC1)C(F)(F)F. The van der Waals surface area contributed by atoms with Crippen LogP contribution in [0.25, 0.3) is 0 Å². The first-order valence-electron chi connectivity index (χ1n) is 5.92. The van der Waals surface area contributed by atoms with Gasteiger partial charge < -0.3 is 10.1 Å². The molecule has 0 saturated carbocycles. The number of rotatable bonds is 3. The third-order valence-corrected chi connectivity index (χ3v) is 3.34. The lowest BCUT2D eigenvalue weighted by atomic mass is 9.91. The Morgan fingerprint density at radius 3 is 2.61 bits per heavy atom. The number of piperidine rings is 1. The van der Waals surface area contributed by atoms with Crippen LogP contribution in [0.1, 0.15) is 18.7 Å². The van der Waals surface area contributed by atoms with Crippen molar-refractivity contribution >= 4 is 0 Å². The zero-order valence-corrected chi connectivity index (χ0v) is 9.82. The van der Waals surface area contributed by atoms with E-state index in [9.17, 15) is 18.3 Å². The highest BCUT2D eigenvalue weighted by atomic mass is 19.4. The van der Waals surface area contributed by atoms with Crippen molar-refractivity contribution < 1.29 is 18.3 Å². The summed E-state index contributed by atoms with van der Waals surface area (Å²) in [5.41, 5.74) is 0. The lowest BCUT2D eigenvalue weighted by Crippen LogP contribution is -2.43. The van der Waals surface area contributed by atoms with E-state index in [1.54, 1.807) is 12.4 Å². The number of nitrogens with one attached hydrogen (secondary N) is 1. The van der Waals surface area contributed by atoms with Crippen LogP contribution in [0.3, 0.4) is 0 Å². The van der Waals surface area contributed by atoms with Gasteiger partial charge in [0.15, 0.2) is 6.10 Å². The fraction of sp³-hybridized carbons (Fsp3) is 0.727. The molecule has 2 heterocycles. The van der Waals surface area contributed by atoms with Crippen LogP contribution in [0.5, 0.6) is 0 Å². The van der Waals surface area contributed by atoms with Crippen LogP contribution in [0.15, 0.2) is 12.4 Å². The fourth-order valence-electron chi connectivity index (χ4n) is 2.29. The van der Waals surface area contributed by atoms with Crippen molar-refractivity contribution in [3.05, 3.63) is 18.2 Å². The topological polar surface area (TPSA) is 52.1 Å². The van der Waals surface area contributed by atoms with Crippen LogP contribution in [0.2, 0.25) is 0 Å². The number of likely N-dealkylation sites (tertiary alicyclic amines) is 1. The smallest absolute Gasteiger partial charge is 0.383 e. The van der Waals surface area contributed by atoms with Crippen molar-refractivity contribution in [3.8, 4) is 0 Å². The summed E-state index contributed by atoms with van der Waals surface area (Å²) in [4.78, 5) is 9.08. The molecule has 1 aromatic rings. The third kappa shape index (κ3) is 3.23. The molecule has 1 aliphatic heterocycles. The van der Waals surface area contributed by atoms with Gasteiger partial charge in [0.2, 0.25) is 0 Å². The number of aromatic nitrogens is 2. The van der Waals surface area contributed by atoms with Gasteiger partial charge in [-0.1, -0.05) is 0 Å². The molecule has 0 aliphatic carbocycles. The Kier molecular flexibility index (Phi) is 3.91. The maximum absolute atomic E-state index is 12.4. The highest BCUT2D eigenvalue weighted by Gasteiger charge is 2.44. The average Bonchev–Trinajstić information content (AvgIpc) is 2.81. The molecule has 2 rings (SSSR count). The quantitative estimate of drug-likeness (QED) is 0.870. The zero-order valence-electron chi connectivity index (χ0n) is 9.82. The van der Waals surface area contributed by atoms with E-state index in [0.29, 0.717) is 32.5 Å². The van der Waals surface area contributed by atoms with Crippen LogP contribution in [-0.4, -0.2) is 45.3 Å². The minimum atomic E-state index is -4.51. The first-order valence-corrected chi connectivity index (χ1v) is 5.92. The van der Waals surface area contributed by atoms with E-state index in [4.69, 9.17) is 0 Å². The number of aromatic amines is 1. The number of hydrogen-bond acceptors (Lipinski definition) is 3. The molecule has 1 saturated heterocycles. The van der Waals surface area contributed by atoms with Gasteiger partial charge in [0.05, 0.1) is 6.54 Å². The molecule has 0 bridgehead atoms. The summed E-state index contributed by atoms with van der Waals surface area (Å²) in [5, 5.41) is 9.19. The number of aliphatic hydroxyl groups is 1. The molecule has 2 N–H and O–H groups in total. The standard InChI is InChI=1S/C11H16F3N3O/c12-11(13,14)10(18)8-1-5-17(6-2-8)7-9-15-3-4-16-9/h3-4,8,10,18H,1-2,5-7H2,(H,15,16). The number of imidazole rings is 1. The van der Waals surface area contributed by atoms with Crippen molar-refractivity contribution in [2.24, 2.45) is 5.92 Å². The van der Waals surface area contributed by atoms with E-state index in [2.05, 4.69) is 9.97 Å². The molecule has 7 heteroatoms. The number of halogens is 3. The first-order chi connectivity index (χ1) is 8.47. The Balaban J connectivity index is 1.81. The third-order valence-electron chi connectivity index (χ3n) is 3.34. The Labute approximate surface area is 103 Å². The van der Waals surface area contributed by atoms with Crippen molar-refractivity contribution in [2.45, 2.75) is 31.7 Å². The second kappa shape index (κ2) is 5.27. The van der Waals surface area contributed by atoms with E-state index in [-0.39, 0.29) is 0 Å². The maximum atomic E-state index is 12.4. The minimum Gasteiger partial charge on any atom is -0.383 e. The largest absolute Gasteiger partial charge is 0.414 e. The summed E-state index contributed by atoms with van der Waals surface area (Å²) in [6.07, 6.45) is -2.61. The number of hydrogen-bond donors (Lipinski definition) is 2. The van der Waals surface area contributed by atoms with Gasteiger partial charge >= 0.3 is 6.18 Å². The van der Waals surface area contributed by atoms with Crippen molar-refractivity contribution in [3.63, 3.8) is 0 Å². The Bertz CT molecular complexity index is 358. The molecule has 1 atom stereocenters. The summed E-state index contributed by atoms with van der Waals surface area (Å²) in [5.74, 6) is 0.127. The number of aliphatic hydroxyl groups excluding tert-OH is 1. The Morgan fingerprint density at radius 1 is 1.44 bits per heavy atom. The summed E-state index contributed by atoms with van der Waals surface area (Å²) in [7, 11) is 0. The van der Waals surface area contributed by atoms with E-state index in [0.717, 1.165) is 5.82 Å². The molecule has 0 radical (unpaired) electrons. The van der Waals surface area contributed by atoms with Crippen molar-refractivity contribution in [2.75, 3.05) is 13.1 Å². The van der Waals surface area contributed by atoms with Crippen molar-refractivity contribution in [1.29, 1.82) is 0 Å². The van der Waals surface area contributed by atoms with E-state index < -0.39 is 18.2 Å². The predicted molar refractivity (Wildman–Crippen MR) is 58.7 cm³/mol. The second-order valence-corrected chi connectivity index (χ2v) is 4.64. The molecular formula is C11H16F3N3O. The van der Waals surface area contributed by atoms with Crippen LogP contribution in [0, 0.1) is 5.92 Å².